The van der Waals surface area contributed by atoms with Gasteiger partial charge in [-0.05, 0) is 18.6 Å². The van der Waals surface area contributed by atoms with E-state index >= 15 is 0 Å². The third kappa shape index (κ3) is 4.66. The van der Waals surface area contributed by atoms with Crippen molar-refractivity contribution in [2.45, 2.75) is 19.5 Å². The second kappa shape index (κ2) is 7.20. The number of methoxy groups -OCH3 is 1. The fourth-order valence-electron chi connectivity index (χ4n) is 2.44. The Kier molecular flexibility index (Phi) is 5.55. The van der Waals surface area contributed by atoms with Crippen molar-refractivity contribution < 1.29 is 13.2 Å². The van der Waals surface area contributed by atoms with Crippen LogP contribution in [-0.4, -0.2) is 57.8 Å². The van der Waals surface area contributed by atoms with Crippen LogP contribution in [0.3, 0.4) is 0 Å². The fraction of sp³-hybridized carbons (Fsp3) is 0.643. The molecule has 0 aromatic carbocycles. The van der Waals surface area contributed by atoms with E-state index in [2.05, 4.69) is 15.2 Å². The summed E-state index contributed by atoms with van der Waals surface area (Å²) in [6, 6.07) is 3.96. The minimum atomic E-state index is -2.89. The predicted molar refractivity (Wildman–Crippen MR) is 83.3 cm³/mol. The highest BCUT2D eigenvalue weighted by Gasteiger charge is 2.28. The van der Waals surface area contributed by atoms with Crippen molar-refractivity contribution in [3.8, 4) is 0 Å². The van der Waals surface area contributed by atoms with Crippen molar-refractivity contribution in [3.05, 3.63) is 23.9 Å². The standard InChI is InChI=1S/C14H23N3O3S/c1-12-11-21(18,19)8-6-17(12)14-4-3-13(10-16-14)9-15-5-7-20-2/h3-4,10,12,15H,5-9,11H2,1-2H3. The Hall–Kier alpha value is -1.18. The van der Waals surface area contributed by atoms with E-state index in [1.807, 2.05) is 25.3 Å². The number of anilines is 1. The Morgan fingerprint density at radius 3 is 2.90 bits per heavy atom. The van der Waals surface area contributed by atoms with Gasteiger partial charge in [0, 0.05) is 39.0 Å². The quantitative estimate of drug-likeness (QED) is 0.769. The molecule has 1 atom stereocenters. The second-order valence-corrected chi connectivity index (χ2v) is 7.58. The molecule has 21 heavy (non-hydrogen) atoms. The molecule has 1 aliphatic rings. The number of pyridine rings is 1. The molecule has 1 aromatic rings. The first-order valence-electron chi connectivity index (χ1n) is 7.13. The molecule has 2 rings (SSSR count). The first kappa shape index (κ1) is 16.2. The minimum absolute atomic E-state index is 0.0260. The van der Waals surface area contributed by atoms with Gasteiger partial charge in [0.25, 0.3) is 0 Å². The average molecular weight is 313 g/mol. The zero-order valence-corrected chi connectivity index (χ0v) is 13.4. The molecule has 6 nitrogen and oxygen atoms in total. The van der Waals surface area contributed by atoms with Crippen molar-refractivity contribution in [2.24, 2.45) is 0 Å². The van der Waals surface area contributed by atoms with Crippen LogP contribution in [0.5, 0.6) is 0 Å². The van der Waals surface area contributed by atoms with Gasteiger partial charge in [-0.3, -0.25) is 0 Å². The number of hydrogen-bond acceptors (Lipinski definition) is 6. The van der Waals surface area contributed by atoms with E-state index in [0.717, 1.165) is 24.5 Å². The summed E-state index contributed by atoms with van der Waals surface area (Å²) in [6.45, 7) is 4.69. The van der Waals surface area contributed by atoms with Gasteiger partial charge in [0.15, 0.2) is 9.84 Å². The molecule has 0 saturated carbocycles. The molecule has 2 heterocycles. The normalized spacial score (nSPS) is 21.4. The van der Waals surface area contributed by atoms with Gasteiger partial charge in [-0.25, -0.2) is 13.4 Å². The predicted octanol–water partition coefficient (Wildman–Crippen LogP) is 0.441. The third-order valence-corrected chi connectivity index (χ3v) is 5.38. The van der Waals surface area contributed by atoms with Crippen LogP contribution in [0.2, 0.25) is 0 Å². The van der Waals surface area contributed by atoms with Gasteiger partial charge in [0.05, 0.1) is 18.1 Å². The maximum atomic E-state index is 11.6. The number of nitrogens with one attached hydrogen (secondary N) is 1. The van der Waals surface area contributed by atoms with Crippen molar-refractivity contribution in [3.63, 3.8) is 0 Å². The van der Waals surface area contributed by atoms with Gasteiger partial charge in [-0.2, -0.15) is 0 Å². The Morgan fingerprint density at radius 1 is 1.48 bits per heavy atom. The second-order valence-electron chi connectivity index (χ2n) is 5.35. The van der Waals surface area contributed by atoms with Gasteiger partial charge in [0.2, 0.25) is 0 Å². The van der Waals surface area contributed by atoms with E-state index in [1.165, 1.54) is 0 Å². The van der Waals surface area contributed by atoms with Crippen LogP contribution in [0.4, 0.5) is 5.82 Å². The first-order valence-corrected chi connectivity index (χ1v) is 8.95. The number of hydrogen-bond donors (Lipinski definition) is 1. The summed E-state index contributed by atoms with van der Waals surface area (Å²) < 4.78 is 28.2. The van der Waals surface area contributed by atoms with Gasteiger partial charge >= 0.3 is 0 Å². The Balaban J connectivity index is 1.93. The van der Waals surface area contributed by atoms with Crippen molar-refractivity contribution in [2.75, 3.05) is 43.2 Å². The molecular formula is C14H23N3O3S. The van der Waals surface area contributed by atoms with E-state index in [9.17, 15) is 8.42 Å². The largest absolute Gasteiger partial charge is 0.383 e. The molecule has 0 spiro atoms. The molecule has 0 bridgehead atoms. The molecule has 0 amide bonds. The highest BCUT2D eigenvalue weighted by molar-refractivity contribution is 7.91. The topological polar surface area (TPSA) is 71.5 Å². The molecule has 0 radical (unpaired) electrons. The molecule has 1 aromatic heterocycles. The molecule has 0 aliphatic carbocycles. The zero-order valence-electron chi connectivity index (χ0n) is 12.6. The third-order valence-electron chi connectivity index (χ3n) is 3.59. The van der Waals surface area contributed by atoms with Crippen molar-refractivity contribution >= 4 is 15.7 Å². The summed E-state index contributed by atoms with van der Waals surface area (Å²) in [5, 5.41) is 3.26. The molecule has 1 unspecified atom stereocenters. The molecule has 1 saturated heterocycles. The lowest BCUT2D eigenvalue weighted by molar-refractivity contribution is 0.199. The van der Waals surface area contributed by atoms with E-state index < -0.39 is 9.84 Å². The van der Waals surface area contributed by atoms with Gasteiger partial charge in [-0.15, -0.1) is 0 Å². The van der Waals surface area contributed by atoms with Crippen molar-refractivity contribution in [1.29, 1.82) is 0 Å². The Bertz CT molecular complexity index is 545. The van der Waals surface area contributed by atoms with Crippen LogP contribution in [-0.2, 0) is 21.1 Å². The number of nitrogens with zero attached hydrogens (tertiary/aromatic N) is 2. The minimum Gasteiger partial charge on any atom is -0.383 e. The number of sulfone groups is 1. The van der Waals surface area contributed by atoms with Gasteiger partial charge in [-0.1, -0.05) is 6.07 Å². The van der Waals surface area contributed by atoms with Crippen LogP contribution in [0, 0.1) is 0 Å². The summed E-state index contributed by atoms with van der Waals surface area (Å²) in [5.41, 5.74) is 1.10. The van der Waals surface area contributed by atoms with E-state index in [4.69, 9.17) is 4.74 Å². The molecule has 1 N–H and O–H groups in total. The van der Waals surface area contributed by atoms with E-state index in [0.29, 0.717) is 13.2 Å². The van der Waals surface area contributed by atoms with E-state index in [-0.39, 0.29) is 17.5 Å². The van der Waals surface area contributed by atoms with Crippen LogP contribution in [0.25, 0.3) is 0 Å². The average Bonchev–Trinajstić information content (AvgIpc) is 2.44. The number of rotatable bonds is 6. The summed E-state index contributed by atoms with van der Waals surface area (Å²) in [7, 11) is -1.21. The monoisotopic (exact) mass is 313 g/mol. The van der Waals surface area contributed by atoms with Crippen LogP contribution < -0.4 is 10.2 Å². The molecular weight excluding hydrogens is 290 g/mol. The smallest absolute Gasteiger partial charge is 0.154 e. The maximum absolute atomic E-state index is 11.6. The Morgan fingerprint density at radius 2 is 2.29 bits per heavy atom. The number of aromatic nitrogens is 1. The van der Waals surface area contributed by atoms with Crippen LogP contribution in [0.15, 0.2) is 18.3 Å². The van der Waals surface area contributed by atoms with Gasteiger partial charge in [0.1, 0.15) is 5.82 Å². The SMILES string of the molecule is COCCNCc1ccc(N2CCS(=O)(=O)CC2C)nc1. The number of ether oxygens (including phenoxy) is 1. The lowest BCUT2D eigenvalue weighted by Gasteiger charge is -2.34. The lowest BCUT2D eigenvalue weighted by Crippen LogP contribution is -2.47. The fourth-order valence-corrected chi connectivity index (χ4v) is 3.99. The van der Waals surface area contributed by atoms with Crippen LogP contribution in [0.1, 0.15) is 12.5 Å². The zero-order chi connectivity index (χ0) is 15.3. The maximum Gasteiger partial charge on any atom is 0.154 e. The summed E-state index contributed by atoms with van der Waals surface area (Å²) in [4.78, 5) is 6.52. The van der Waals surface area contributed by atoms with Gasteiger partial charge < -0.3 is 15.0 Å². The lowest BCUT2D eigenvalue weighted by atomic mass is 10.2. The highest BCUT2D eigenvalue weighted by atomic mass is 32.2. The summed E-state index contributed by atoms with van der Waals surface area (Å²) in [5.74, 6) is 1.26. The van der Waals surface area contributed by atoms with E-state index in [1.54, 1.807) is 7.11 Å². The summed E-state index contributed by atoms with van der Waals surface area (Å²) >= 11 is 0. The summed E-state index contributed by atoms with van der Waals surface area (Å²) in [6.07, 6.45) is 1.84. The molecule has 1 fully saturated rings. The highest BCUT2D eigenvalue weighted by Crippen LogP contribution is 2.19. The molecule has 7 heteroatoms. The molecule has 1 aliphatic heterocycles. The Labute approximate surface area is 126 Å². The first-order chi connectivity index (χ1) is 10.0. The van der Waals surface area contributed by atoms with Crippen LogP contribution >= 0.6 is 0 Å². The van der Waals surface area contributed by atoms with Crippen molar-refractivity contribution in [1.82, 2.24) is 10.3 Å². The molecule has 118 valence electrons.